The lowest BCUT2D eigenvalue weighted by Gasteiger charge is -2.34. The van der Waals surface area contributed by atoms with Crippen LogP contribution < -0.4 is 0 Å². The van der Waals surface area contributed by atoms with Gasteiger partial charge in [0.2, 0.25) is 5.56 Å². The summed E-state index contributed by atoms with van der Waals surface area (Å²) in [6, 6.07) is 0. The van der Waals surface area contributed by atoms with Gasteiger partial charge < -0.3 is 18.6 Å². The molecule has 0 fully saturated rings. The molecule has 0 heterocycles. The summed E-state index contributed by atoms with van der Waals surface area (Å²) >= 11 is 5.93. The van der Waals surface area contributed by atoms with Crippen LogP contribution in [0.4, 0.5) is 0 Å². The summed E-state index contributed by atoms with van der Waals surface area (Å²) in [5, 5.41) is 0. The molecular weight excluding hydrogens is 224 g/mol. The van der Waals surface area contributed by atoms with Crippen molar-refractivity contribution in [1.29, 1.82) is 0 Å². The second-order valence-corrected chi connectivity index (χ2v) is 2.94. The molecule has 83 valence electrons. The molecule has 1 atom stereocenters. The van der Waals surface area contributed by atoms with Crippen LogP contribution in [0, 0.1) is 0 Å². The van der Waals surface area contributed by atoms with Crippen LogP contribution in [0.1, 0.15) is 20.8 Å². The number of alkyl halides is 1. The number of rotatable bonds is 8. The Bertz CT molecular complexity index is 141. The van der Waals surface area contributed by atoms with Gasteiger partial charge in [0.1, 0.15) is 0 Å². The maximum absolute atomic E-state index is 5.93. The fraction of sp³-hybridized carbons (Fsp3) is 1.00. The minimum Gasteiger partial charge on any atom is -0.368 e. The third-order valence-electron chi connectivity index (χ3n) is 1.42. The van der Waals surface area contributed by atoms with E-state index in [0.29, 0.717) is 19.8 Å². The van der Waals surface area contributed by atoms with Crippen LogP contribution >= 0.6 is 11.6 Å². The topological polar surface area (TPSA) is 36.9 Å². The first kappa shape index (κ1) is 14.3. The Morgan fingerprint density at radius 2 is 1.64 bits per heavy atom. The zero-order chi connectivity index (χ0) is 11.0. The van der Waals surface area contributed by atoms with E-state index in [1.807, 2.05) is 20.8 Å². The molecule has 0 aliphatic rings. The molecule has 1 unspecified atom stereocenters. The van der Waals surface area contributed by atoms with Gasteiger partial charge >= 0.3 is 5.97 Å². The Hall–Kier alpha value is 0.347. The fourth-order valence-electron chi connectivity index (χ4n) is 0.929. The number of hydrogen-bond donors (Lipinski definition) is 0. The molecule has 0 N–H and O–H groups in total. The highest BCUT2D eigenvalue weighted by molar-refractivity contribution is 6.20. The van der Waals surface area contributed by atoms with Crippen LogP contribution in [0.2, 0.25) is 0 Å². The van der Waals surface area contributed by atoms with E-state index < -0.39 is 11.5 Å². The summed E-state index contributed by atoms with van der Waals surface area (Å²) in [5.41, 5.74) is -0.829. The first-order chi connectivity index (χ1) is 6.66. The summed E-state index contributed by atoms with van der Waals surface area (Å²) in [6.07, 6.45) is 0. The molecule has 0 rings (SSSR count). The fourth-order valence-corrected chi connectivity index (χ4v) is 1.52. The Morgan fingerprint density at radius 1 is 1.14 bits per heavy atom. The lowest BCUT2D eigenvalue weighted by Crippen LogP contribution is -2.48. The van der Waals surface area contributed by atoms with Crippen molar-refractivity contribution in [3.63, 3.8) is 0 Å². The molecule has 0 saturated carbocycles. The van der Waals surface area contributed by atoms with Gasteiger partial charge in [-0.15, -0.1) is 0 Å². The van der Waals surface area contributed by atoms with Gasteiger partial charge in [-0.2, -0.15) is 0 Å². The second kappa shape index (κ2) is 7.61. The van der Waals surface area contributed by atoms with E-state index in [1.54, 1.807) is 0 Å². The lowest BCUT2D eigenvalue weighted by molar-refractivity contribution is -0.367. The number of halogens is 1. The standard InChI is InChI=1S/C8H16ClO4Si/c1-4-10-7(9)8(13-14,11-5-2)12-6-3/h7H,4-6H2,1-3H3. The first-order valence-corrected chi connectivity index (χ1v) is 5.39. The predicted octanol–water partition coefficient (Wildman–Crippen LogP) is 1.41. The van der Waals surface area contributed by atoms with Crippen LogP contribution in [0.5, 0.6) is 0 Å². The summed E-state index contributed by atoms with van der Waals surface area (Å²) in [6.45, 7) is 6.71. The minimum absolute atomic E-state index is 0.404. The van der Waals surface area contributed by atoms with Gasteiger partial charge in [-0.1, -0.05) is 11.6 Å². The van der Waals surface area contributed by atoms with E-state index in [2.05, 4.69) is 10.5 Å². The van der Waals surface area contributed by atoms with Gasteiger partial charge in [-0.05, 0) is 20.8 Å². The van der Waals surface area contributed by atoms with Gasteiger partial charge in [0.05, 0.1) is 0 Å². The van der Waals surface area contributed by atoms with Gasteiger partial charge in [0.25, 0.3) is 10.5 Å². The quantitative estimate of drug-likeness (QED) is 0.365. The van der Waals surface area contributed by atoms with Gasteiger partial charge in [0, 0.05) is 19.8 Å². The van der Waals surface area contributed by atoms with E-state index in [9.17, 15) is 0 Å². The zero-order valence-electron chi connectivity index (χ0n) is 8.71. The molecule has 4 nitrogen and oxygen atoms in total. The maximum atomic E-state index is 5.93. The van der Waals surface area contributed by atoms with Crippen molar-refractivity contribution in [2.45, 2.75) is 32.3 Å². The molecular formula is C8H16ClO4Si. The Kier molecular flexibility index (Phi) is 7.80. The first-order valence-electron chi connectivity index (χ1n) is 4.55. The van der Waals surface area contributed by atoms with Crippen LogP contribution in [0.15, 0.2) is 0 Å². The number of hydrogen-bond acceptors (Lipinski definition) is 4. The van der Waals surface area contributed by atoms with Crippen molar-refractivity contribution in [1.82, 2.24) is 0 Å². The zero-order valence-corrected chi connectivity index (χ0v) is 10.5. The molecule has 0 aliphatic carbocycles. The average molecular weight is 240 g/mol. The Labute approximate surface area is 93.3 Å². The molecule has 0 spiro atoms. The normalized spacial score (nSPS) is 14.4. The molecule has 14 heavy (non-hydrogen) atoms. The van der Waals surface area contributed by atoms with Gasteiger partial charge in [-0.25, -0.2) is 0 Å². The Balaban J connectivity index is 4.45. The summed E-state index contributed by atoms with van der Waals surface area (Å²) < 4.78 is 20.7. The molecule has 0 aromatic heterocycles. The van der Waals surface area contributed by atoms with Crippen molar-refractivity contribution in [2.24, 2.45) is 0 Å². The van der Waals surface area contributed by atoms with E-state index in [0.717, 1.165) is 0 Å². The van der Waals surface area contributed by atoms with Gasteiger partial charge in [0.15, 0.2) is 0 Å². The van der Waals surface area contributed by atoms with E-state index >= 15 is 0 Å². The summed E-state index contributed by atoms with van der Waals surface area (Å²) in [7, 11) is 2.88. The minimum atomic E-state index is -1.39. The highest BCUT2D eigenvalue weighted by Crippen LogP contribution is 2.24. The third kappa shape index (κ3) is 3.84. The molecule has 0 aliphatic heterocycles. The molecule has 0 saturated heterocycles. The monoisotopic (exact) mass is 239 g/mol. The summed E-state index contributed by atoms with van der Waals surface area (Å²) in [5.74, 6) is -1.39. The highest BCUT2D eigenvalue weighted by Gasteiger charge is 2.41. The van der Waals surface area contributed by atoms with Crippen molar-refractivity contribution >= 4 is 22.1 Å². The number of ether oxygens (including phenoxy) is 3. The van der Waals surface area contributed by atoms with Gasteiger partial charge in [-0.3, -0.25) is 0 Å². The predicted molar refractivity (Wildman–Crippen MR) is 54.1 cm³/mol. The van der Waals surface area contributed by atoms with Crippen molar-refractivity contribution < 1.29 is 18.6 Å². The molecule has 6 heteroatoms. The second-order valence-electron chi connectivity index (χ2n) is 2.34. The van der Waals surface area contributed by atoms with E-state index in [4.69, 9.17) is 30.2 Å². The van der Waals surface area contributed by atoms with Crippen LogP contribution in [-0.4, -0.2) is 41.8 Å². The SMILES string of the molecule is CCOC(Cl)C(O[Si])(OCC)OCC. The van der Waals surface area contributed by atoms with Crippen LogP contribution in [-0.2, 0) is 18.6 Å². The molecule has 0 aromatic rings. The Morgan fingerprint density at radius 3 is 1.93 bits per heavy atom. The van der Waals surface area contributed by atoms with E-state index in [-0.39, 0.29) is 0 Å². The third-order valence-corrected chi connectivity index (χ3v) is 2.10. The highest BCUT2D eigenvalue weighted by atomic mass is 35.5. The lowest BCUT2D eigenvalue weighted by atomic mass is 10.5. The van der Waals surface area contributed by atoms with Crippen LogP contribution in [0.3, 0.4) is 0 Å². The maximum Gasteiger partial charge on any atom is 0.315 e. The molecule has 0 bridgehead atoms. The summed E-state index contributed by atoms with van der Waals surface area (Å²) in [4.78, 5) is 0. The van der Waals surface area contributed by atoms with Crippen molar-refractivity contribution in [3.05, 3.63) is 0 Å². The smallest absolute Gasteiger partial charge is 0.315 e. The molecule has 0 aromatic carbocycles. The average Bonchev–Trinajstić information content (AvgIpc) is 2.17. The van der Waals surface area contributed by atoms with Crippen molar-refractivity contribution in [2.75, 3.05) is 19.8 Å². The molecule has 0 amide bonds. The van der Waals surface area contributed by atoms with Crippen LogP contribution in [0.25, 0.3) is 0 Å². The van der Waals surface area contributed by atoms with Crippen molar-refractivity contribution in [3.8, 4) is 0 Å². The molecule has 3 radical (unpaired) electrons. The van der Waals surface area contributed by atoms with E-state index in [1.165, 1.54) is 0 Å². The largest absolute Gasteiger partial charge is 0.368 e.